The maximum absolute atomic E-state index is 14.4. The van der Waals surface area contributed by atoms with Crippen molar-refractivity contribution >= 4 is 28.7 Å². The van der Waals surface area contributed by atoms with Crippen molar-refractivity contribution in [3.63, 3.8) is 0 Å². The van der Waals surface area contributed by atoms with Crippen LogP contribution < -0.4 is 10.9 Å². The number of allylic oxidation sites excluding steroid dienone is 1. The minimum atomic E-state index is -0.406. The Morgan fingerprint density at radius 3 is 2.69 bits per heavy atom. The molecule has 10 heteroatoms. The number of halogens is 1. The van der Waals surface area contributed by atoms with E-state index in [1.54, 1.807) is 39.2 Å². The zero-order valence-corrected chi connectivity index (χ0v) is 21.3. The lowest BCUT2D eigenvalue weighted by molar-refractivity contribution is -0.123. The number of unbranched alkanes of at least 4 members (excludes halogenated alkanes) is 1. The number of hydrogen-bond donors (Lipinski definition) is 2. The largest absolute Gasteiger partial charge is 0.345 e. The van der Waals surface area contributed by atoms with E-state index < -0.39 is 5.91 Å². The summed E-state index contributed by atoms with van der Waals surface area (Å²) in [5.74, 6) is -0.207. The normalized spacial score (nSPS) is 11.5. The molecule has 0 spiro atoms. The van der Waals surface area contributed by atoms with E-state index in [9.17, 15) is 18.8 Å². The van der Waals surface area contributed by atoms with Gasteiger partial charge in [0.25, 0.3) is 5.56 Å². The molecule has 9 nitrogen and oxygen atoms in total. The summed E-state index contributed by atoms with van der Waals surface area (Å²) >= 11 is 0. The predicted octanol–water partition coefficient (Wildman–Crippen LogP) is 3.38. The number of H-pyrrole nitrogens is 1. The molecule has 36 heavy (non-hydrogen) atoms. The Morgan fingerprint density at radius 2 is 2.00 bits per heavy atom. The molecule has 3 heterocycles. The maximum Gasteiger partial charge on any atom is 0.274 e. The molecule has 0 aliphatic heterocycles. The van der Waals surface area contributed by atoms with Crippen molar-refractivity contribution in [2.45, 2.75) is 46.6 Å². The van der Waals surface area contributed by atoms with Gasteiger partial charge in [-0.3, -0.25) is 14.4 Å². The van der Waals surface area contributed by atoms with E-state index in [1.165, 1.54) is 28.2 Å². The number of rotatable bonds is 10. The molecular weight excluding hydrogens is 463 g/mol. The van der Waals surface area contributed by atoms with Gasteiger partial charge in [-0.1, -0.05) is 19.9 Å². The molecule has 0 bridgehead atoms. The molecule has 3 aromatic rings. The van der Waals surface area contributed by atoms with Gasteiger partial charge >= 0.3 is 0 Å². The zero-order valence-electron chi connectivity index (χ0n) is 21.3. The summed E-state index contributed by atoms with van der Waals surface area (Å²) < 4.78 is 15.9. The van der Waals surface area contributed by atoms with Crippen molar-refractivity contribution in [2.24, 2.45) is 5.92 Å². The van der Waals surface area contributed by atoms with Gasteiger partial charge in [0.15, 0.2) is 5.65 Å². The first-order valence-electron chi connectivity index (χ1n) is 11.8. The minimum absolute atomic E-state index is 0.113. The summed E-state index contributed by atoms with van der Waals surface area (Å²) in [5, 5.41) is 2.63. The Balaban J connectivity index is 1.72. The standard InChI is InChI=1S/C26H32FN6O3/c1-16(2)13-18-19(27)14-28-25-24(18)30-21(31-25)15-33-17(3)11-12-20(26(33)36)29-22(34)9-7-6-8-10-23(35)32(4)5/h8-12,14,16H,6-7,13,15H2,1-5H3,(H,29,34)(H,28,30,31)/b10-8+. The Hall–Kier alpha value is -3.82. The molecule has 2 N–H and O–H groups in total. The molecule has 1 radical (unpaired) electrons. The Kier molecular flexibility index (Phi) is 8.73. The average Bonchev–Trinajstić information content (AvgIpc) is 3.23. The van der Waals surface area contributed by atoms with Gasteiger partial charge < -0.3 is 19.8 Å². The highest BCUT2D eigenvalue weighted by molar-refractivity contribution is 5.97. The van der Waals surface area contributed by atoms with Gasteiger partial charge in [0.05, 0.1) is 24.7 Å². The summed E-state index contributed by atoms with van der Waals surface area (Å²) in [4.78, 5) is 50.1. The van der Waals surface area contributed by atoms with E-state index in [4.69, 9.17) is 0 Å². The first-order valence-corrected chi connectivity index (χ1v) is 11.8. The summed E-state index contributed by atoms with van der Waals surface area (Å²) in [5.41, 5.74) is 1.89. The number of likely N-dealkylation sites (N-methyl/N-ethyl adjacent to an activating group) is 1. The highest BCUT2D eigenvalue weighted by Gasteiger charge is 2.16. The van der Waals surface area contributed by atoms with Crippen LogP contribution in [0.2, 0.25) is 0 Å². The topological polar surface area (TPSA) is 113 Å². The zero-order chi connectivity index (χ0) is 26.4. The van der Waals surface area contributed by atoms with E-state index in [0.29, 0.717) is 47.5 Å². The van der Waals surface area contributed by atoms with Crippen LogP contribution in [0.25, 0.3) is 11.2 Å². The van der Waals surface area contributed by atoms with E-state index >= 15 is 0 Å². The van der Waals surface area contributed by atoms with Crippen LogP contribution in [-0.2, 0) is 22.6 Å². The third-order valence-electron chi connectivity index (χ3n) is 5.56. The molecule has 0 aliphatic carbocycles. The van der Waals surface area contributed by atoms with Crippen molar-refractivity contribution in [1.82, 2.24) is 24.4 Å². The van der Waals surface area contributed by atoms with Crippen LogP contribution >= 0.6 is 0 Å². The van der Waals surface area contributed by atoms with Gasteiger partial charge in [-0.25, -0.2) is 14.4 Å². The molecule has 0 saturated heterocycles. The van der Waals surface area contributed by atoms with Gasteiger partial charge in [-0.05, 0) is 50.3 Å². The molecule has 0 unspecified atom stereocenters. The molecule has 0 aromatic carbocycles. The number of aryl methyl sites for hydroxylation is 1. The molecule has 0 fully saturated rings. The number of fused-ring (bicyclic) bond motifs is 1. The first-order chi connectivity index (χ1) is 17.1. The SMILES string of the molecule is Cc1ccc(NC(=O)[CH]CC/C=C/C(=O)N(C)C)c(=O)n1Cc1nc2ncc(F)c(CC(C)C)c2[nH]1. The number of aromatic nitrogens is 4. The van der Waals surface area contributed by atoms with E-state index in [2.05, 4.69) is 20.3 Å². The fraction of sp³-hybridized carbons (Fsp3) is 0.385. The van der Waals surface area contributed by atoms with Gasteiger partial charge in [-0.2, -0.15) is 0 Å². The van der Waals surface area contributed by atoms with Crippen LogP contribution in [0.3, 0.4) is 0 Å². The summed E-state index contributed by atoms with van der Waals surface area (Å²) in [6.07, 6.45) is 7.23. The second-order valence-corrected chi connectivity index (χ2v) is 9.25. The Morgan fingerprint density at radius 1 is 1.25 bits per heavy atom. The van der Waals surface area contributed by atoms with Crippen LogP contribution in [-0.4, -0.2) is 50.3 Å². The number of hydrogen-bond acceptors (Lipinski definition) is 5. The van der Waals surface area contributed by atoms with Crippen LogP contribution in [0.5, 0.6) is 0 Å². The van der Waals surface area contributed by atoms with Crippen molar-refractivity contribution in [2.75, 3.05) is 19.4 Å². The Bertz CT molecular complexity index is 1340. The number of carbonyl (C=O) groups excluding carboxylic acids is 2. The molecule has 2 amide bonds. The molecule has 3 aromatic heterocycles. The summed E-state index contributed by atoms with van der Waals surface area (Å²) in [6, 6.07) is 3.29. The third kappa shape index (κ3) is 6.65. The molecule has 0 atom stereocenters. The maximum atomic E-state index is 14.4. The molecule has 0 saturated carbocycles. The van der Waals surface area contributed by atoms with Crippen LogP contribution in [0, 0.1) is 25.1 Å². The monoisotopic (exact) mass is 495 g/mol. The van der Waals surface area contributed by atoms with Gasteiger partial charge in [0, 0.05) is 25.4 Å². The van der Waals surface area contributed by atoms with Gasteiger partial charge in [-0.15, -0.1) is 0 Å². The van der Waals surface area contributed by atoms with Crippen molar-refractivity contribution in [3.05, 3.63) is 70.2 Å². The Labute approximate surface area is 209 Å². The number of amides is 2. The lowest BCUT2D eigenvalue weighted by atomic mass is 10.0. The molecular formula is C26H32FN6O3. The van der Waals surface area contributed by atoms with Crippen LogP contribution in [0.15, 0.2) is 35.3 Å². The van der Waals surface area contributed by atoms with Gasteiger partial charge in [0.2, 0.25) is 11.8 Å². The van der Waals surface area contributed by atoms with Crippen molar-refractivity contribution in [1.29, 1.82) is 0 Å². The minimum Gasteiger partial charge on any atom is -0.345 e. The molecule has 0 aliphatic rings. The number of aromatic amines is 1. The van der Waals surface area contributed by atoms with Crippen molar-refractivity contribution in [3.8, 4) is 0 Å². The fourth-order valence-electron chi connectivity index (χ4n) is 3.65. The number of nitrogens with one attached hydrogen (secondary N) is 2. The predicted molar refractivity (Wildman–Crippen MR) is 137 cm³/mol. The molecule has 191 valence electrons. The van der Waals surface area contributed by atoms with Gasteiger partial charge in [0.1, 0.15) is 17.3 Å². The first kappa shape index (κ1) is 26.8. The van der Waals surface area contributed by atoms with E-state index in [0.717, 1.165) is 0 Å². The summed E-state index contributed by atoms with van der Waals surface area (Å²) in [7, 11) is 3.32. The highest BCUT2D eigenvalue weighted by atomic mass is 19.1. The highest BCUT2D eigenvalue weighted by Crippen LogP contribution is 2.21. The molecule has 3 rings (SSSR count). The fourth-order valence-corrected chi connectivity index (χ4v) is 3.65. The number of pyridine rings is 2. The summed E-state index contributed by atoms with van der Waals surface area (Å²) in [6.45, 7) is 5.91. The van der Waals surface area contributed by atoms with Crippen LogP contribution in [0.4, 0.5) is 10.1 Å². The second kappa shape index (κ2) is 11.7. The average molecular weight is 496 g/mol. The lowest BCUT2D eigenvalue weighted by Gasteiger charge is -2.11. The lowest BCUT2D eigenvalue weighted by Crippen LogP contribution is -2.28. The number of imidazole rings is 1. The quantitative estimate of drug-likeness (QED) is 0.331. The number of nitrogens with zero attached hydrogens (tertiary/aromatic N) is 4. The number of carbonyl (C=O) groups is 2. The number of anilines is 1. The smallest absolute Gasteiger partial charge is 0.274 e. The van der Waals surface area contributed by atoms with E-state index in [-0.39, 0.29) is 35.4 Å². The second-order valence-electron chi connectivity index (χ2n) is 9.25. The van der Waals surface area contributed by atoms with Crippen molar-refractivity contribution < 1.29 is 14.0 Å². The third-order valence-corrected chi connectivity index (χ3v) is 5.56. The van der Waals surface area contributed by atoms with Crippen LogP contribution in [0.1, 0.15) is 43.8 Å². The van der Waals surface area contributed by atoms with E-state index in [1.807, 2.05) is 13.8 Å².